The average Bonchev–Trinajstić information content (AvgIpc) is 2.09. The summed E-state index contributed by atoms with van der Waals surface area (Å²) in [5.41, 5.74) is 0.435. The maximum absolute atomic E-state index is 13.1. The van der Waals surface area contributed by atoms with Gasteiger partial charge >= 0.3 is 7.60 Å². The zero-order valence-corrected chi connectivity index (χ0v) is 8.92. The summed E-state index contributed by atoms with van der Waals surface area (Å²) in [4.78, 5) is 9.37. The van der Waals surface area contributed by atoms with E-state index >= 15 is 0 Å². The average molecular weight is 218 g/mol. The topological polar surface area (TPSA) is 46.5 Å². The molecule has 0 aliphatic heterocycles. The Morgan fingerprint density at radius 3 is 2.71 bits per heavy atom. The molecule has 1 rings (SSSR count). The predicted molar refractivity (Wildman–Crippen MR) is 52.2 cm³/mol. The van der Waals surface area contributed by atoms with Crippen LogP contribution in [0, 0.1) is 12.7 Å². The van der Waals surface area contributed by atoms with Gasteiger partial charge in [0.15, 0.2) is 0 Å². The monoisotopic (exact) mass is 218 g/mol. The van der Waals surface area contributed by atoms with Gasteiger partial charge in [0.1, 0.15) is 5.82 Å². The third-order valence-electron chi connectivity index (χ3n) is 1.79. The van der Waals surface area contributed by atoms with E-state index in [4.69, 9.17) is 0 Å². The normalized spacial score (nSPS) is 15.1. The summed E-state index contributed by atoms with van der Waals surface area (Å²) >= 11 is 0. The Balaban J connectivity index is 3.08. The van der Waals surface area contributed by atoms with E-state index in [0.29, 0.717) is 5.56 Å². The Kier molecular flexibility index (Phi) is 3.43. The molecule has 78 valence electrons. The second-order valence-corrected chi connectivity index (χ2v) is 4.69. The van der Waals surface area contributed by atoms with E-state index in [1.165, 1.54) is 12.1 Å². The van der Waals surface area contributed by atoms with Gasteiger partial charge in [0.25, 0.3) is 0 Å². The Morgan fingerprint density at radius 2 is 2.21 bits per heavy atom. The molecule has 0 bridgehead atoms. The molecule has 1 atom stereocenters. The zero-order valence-electron chi connectivity index (χ0n) is 8.03. The maximum Gasteiger partial charge on any atom is 0.358 e. The molecular formula is C9H12FO3P. The maximum atomic E-state index is 13.1. The summed E-state index contributed by atoms with van der Waals surface area (Å²) in [6.45, 7) is 3.30. The van der Waals surface area contributed by atoms with Crippen LogP contribution in [-0.2, 0) is 9.09 Å². The lowest BCUT2D eigenvalue weighted by Gasteiger charge is -2.11. The van der Waals surface area contributed by atoms with Gasteiger partial charge in [0, 0.05) is 0 Å². The molecule has 1 aromatic rings. The largest absolute Gasteiger partial charge is 0.358 e. The number of hydrogen-bond donors (Lipinski definition) is 1. The van der Waals surface area contributed by atoms with Crippen LogP contribution in [0.2, 0.25) is 0 Å². The van der Waals surface area contributed by atoms with Gasteiger partial charge in [-0.1, -0.05) is 6.07 Å². The van der Waals surface area contributed by atoms with Crippen molar-refractivity contribution < 1.29 is 18.4 Å². The molecule has 0 heterocycles. The molecule has 0 aliphatic carbocycles. The van der Waals surface area contributed by atoms with Crippen molar-refractivity contribution in [3.8, 4) is 0 Å². The van der Waals surface area contributed by atoms with Gasteiger partial charge in [0.05, 0.1) is 11.9 Å². The van der Waals surface area contributed by atoms with Crippen LogP contribution in [0.5, 0.6) is 0 Å². The van der Waals surface area contributed by atoms with E-state index < -0.39 is 13.4 Å². The summed E-state index contributed by atoms with van der Waals surface area (Å²) in [6, 6.07) is 3.88. The fourth-order valence-electron chi connectivity index (χ4n) is 1.01. The van der Waals surface area contributed by atoms with Crippen molar-refractivity contribution in [2.75, 3.05) is 6.61 Å². The van der Waals surface area contributed by atoms with Crippen molar-refractivity contribution in [1.29, 1.82) is 0 Å². The van der Waals surface area contributed by atoms with Gasteiger partial charge in [-0.25, -0.2) is 4.39 Å². The van der Waals surface area contributed by atoms with Crippen LogP contribution in [0.4, 0.5) is 4.39 Å². The van der Waals surface area contributed by atoms with E-state index in [2.05, 4.69) is 4.52 Å². The first-order chi connectivity index (χ1) is 6.47. The van der Waals surface area contributed by atoms with Crippen molar-refractivity contribution in [2.24, 2.45) is 0 Å². The summed E-state index contributed by atoms with van der Waals surface area (Å²) in [5, 5.41) is -0.0116. The summed E-state index contributed by atoms with van der Waals surface area (Å²) in [5.74, 6) is -0.503. The van der Waals surface area contributed by atoms with Crippen LogP contribution >= 0.6 is 7.60 Å². The van der Waals surface area contributed by atoms with Crippen molar-refractivity contribution in [1.82, 2.24) is 0 Å². The fourth-order valence-corrected chi connectivity index (χ4v) is 2.05. The first-order valence-electron chi connectivity index (χ1n) is 4.21. The fraction of sp³-hybridized carbons (Fsp3) is 0.333. The van der Waals surface area contributed by atoms with Crippen LogP contribution in [0.3, 0.4) is 0 Å². The van der Waals surface area contributed by atoms with Crippen LogP contribution in [0.1, 0.15) is 12.5 Å². The molecule has 14 heavy (non-hydrogen) atoms. The first kappa shape index (κ1) is 11.4. The van der Waals surface area contributed by atoms with E-state index in [1.807, 2.05) is 0 Å². The van der Waals surface area contributed by atoms with Gasteiger partial charge in [-0.2, -0.15) is 0 Å². The zero-order chi connectivity index (χ0) is 10.8. The molecule has 1 unspecified atom stereocenters. The highest BCUT2D eigenvalue weighted by molar-refractivity contribution is 7.61. The molecule has 1 N–H and O–H groups in total. The molecule has 1 aromatic carbocycles. The molecule has 0 aromatic heterocycles. The van der Waals surface area contributed by atoms with Gasteiger partial charge < -0.3 is 9.42 Å². The van der Waals surface area contributed by atoms with Gasteiger partial charge in [-0.15, -0.1) is 0 Å². The van der Waals surface area contributed by atoms with Crippen molar-refractivity contribution in [3.05, 3.63) is 29.6 Å². The lowest BCUT2D eigenvalue weighted by Crippen LogP contribution is -2.08. The minimum absolute atomic E-state index is 0.0116. The molecule has 0 saturated carbocycles. The highest BCUT2D eigenvalue weighted by atomic mass is 31.2. The minimum Gasteiger partial charge on any atom is -0.321 e. The Morgan fingerprint density at radius 1 is 1.57 bits per heavy atom. The molecule has 0 aliphatic rings. The van der Waals surface area contributed by atoms with Crippen LogP contribution in [0.25, 0.3) is 0 Å². The summed E-state index contributed by atoms with van der Waals surface area (Å²) in [7, 11) is -3.83. The Labute approximate surface area is 82.1 Å². The molecule has 0 fully saturated rings. The number of aryl methyl sites for hydroxylation is 1. The second kappa shape index (κ2) is 4.22. The van der Waals surface area contributed by atoms with Crippen molar-refractivity contribution >= 4 is 12.9 Å². The van der Waals surface area contributed by atoms with Crippen LogP contribution in [0.15, 0.2) is 18.2 Å². The van der Waals surface area contributed by atoms with Gasteiger partial charge in [-0.05, 0) is 31.5 Å². The van der Waals surface area contributed by atoms with Gasteiger partial charge in [0.2, 0.25) is 0 Å². The first-order valence-corrected chi connectivity index (χ1v) is 5.79. The summed E-state index contributed by atoms with van der Waals surface area (Å²) in [6.07, 6.45) is 0. The van der Waals surface area contributed by atoms with E-state index in [-0.39, 0.29) is 11.9 Å². The molecular weight excluding hydrogens is 206 g/mol. The number of halogens is 1. The lowest BCUT2D eigenvalue weighted by molar-refractivity contribution is 0.284. The summed E-state index contributed by atoms with van der Waals surface area (Å²) < 4.78 is 29.2. The van der Waals surface area contributed by atoms with E-state index in [0.717, 1.165) is 6.07 Å². The van der Waals surface area contributed by atoms with Crippen molar-refractivity contribution in [3.63, 3.8) is 0 Å². The molecule has 0 saturated heterocycles. The number of rotatable bonds is 3. The highest BCUT2D eigenvalue weighted by Gasteiger charge is 2.22. The third kappa shape index (κ3) is 2.41. The van der Waals surface area contributed by atoms with Crippen LogP contribution < -0.4 is 5.30 Å². The minimum atomic E-state index is -3.83. The molecule has 5 heteroatoms. The third-order valence-corrected chi connectivity index (χ3v) is 3.32. The Hall–Kier alpha value is -0.700. The second-order valence-electron chi connectivity index (χ2n) is 2.87. The molecule has 3 nitrogen and oxygen atoms in total. The number of benzene rings is 1. The van der Waals surface area contributed by atoms with Gasteiger partial charge in [-0.3, -0.25) is 4.57 Å². The lowest BCUT2D eigenvalue weighted by atomic mass is 10.2. The highest BCUT2D eigenvalue weighted by Crippen LogP contribution is 2.40. The standard InChI is InChI=1S/C9H12FO3P/c1-3-13-14(11,12)8-5-4-7(2)9(10)6-8/h4-6H,3H2,1-2H3,(H,11,12). The number of hydrogen-bond acceptors (Lipinski definition) is 2. The van der Waals surface area contributed by atoms with E-state index in [1.54, 1.807) is 13.8 Å². The molecule has 0 amide bonds. The quantitative estimate of drug-likeness (QED) is 0.789. The SMILES string of the molecule is CCOP(=O)(O)c1ccc(C)c(F)c1. The smallest absolute Gasteiger partial charge is 0.321 e. The van der Waals surface area contributed by atoms with Crippen LogP contribution in [-0.4, -0.2) is 11.5 Å². The Bertz CT molecular complexity index is 378. The van der Waals surface area contributed by atoms with Crippen molar-refractivity contribution in [2.45, 2.75) is 13.8 Å². The van der Waals surface area contributed by atoms with E-state index in [9.17, 15) is 13.8 Å². The molecule has 0 radical (unpaired) electrons. The molecule has 0 spiro atoms. The predicted octanol–water partition coefficient (Wildman–Crippen LogP) is 1.98.